The van der Waals surface area contributed by atoms with E-state index in [0.29, 0.717) is 23.5 Å². The summed E-state index contributed by atoms with van der Waals surface area (Å²) in [5, 5.41) is 8.67. The molecule has 0 bridgehead atoms. The minimum absolute atomic E-state index is 0.130. The van der Waals surface area contributed by atoms with Crippen LogP contribution < -0.4 is 20.9 Å². The number of hydrogen-bond donors (Lipinski definition) is 3. The Morgan fingerprint density at radius 2 is 1.44 bits per heavy atom. The van der Waals surface area contributed by atoms with Gasteiger partial charge in [-0.05, 0) is 55.2 Å². The van der Waals surface area contributed by atoms with Gasteiger partial charge in [0.1, 0.15) is 0 Å². The summed E-state index contributed by atoms with van der Waals surface area (Å²) in [5.74, 6) is -0.130. The highest BCUT2D eigenvalue weighted by atomic mass is 16.2. The third-order valence-corrected chi connectivity index (χ3v) is 5.52. The molecule has 3 aromatic carbocycles. The van der Waals surface area contributed by atoms with Gasteiger partial charge < -0.3 is 20.9 Å². The zero-order valence-electron chi connectivity index (χ0n) is 18.0. The van der Waals surface area contributed by atoms with Crippen molar-refractivity contribution in [3.05, 3.63) is 90.0 Å². The molecule has 0 radical (unpaired) electrons. The predicted octanol–water partition coefficient (Wildman–Crippen LogP) is 4.90. The van der Waals surface area contributed by atoms with E-state index in [1.54, 1.807) is 6.07 Å². The second-order valence-corrected chi connectivity index (χ2v) is 7.86. The van der Waals surface area contributed by atoms with Crippen LogP contribution in [0.25, 0.3) is 0 Å². The van der Waals surface area contributed by atoms with E-state index in [9.17, 15) is 9.59 Å². The van der Waals surface area contributed by atoms with Gasteiger partial charge in [-0.25, -0.2) is 4.79 Å². The summed E-state index contributed by atoms with van der Waals surface area (Å²) in [4.78, 5) is 27.7. The van der Waals surface area contributed by atoms with Gasteiger partial charge in [-0.3, -0.25) is 4.79 Å². The Morgan fingerprint density at radius 1 is 0.781 bits per heavy atom. The Kier molecular flexibility index (Phi) is 7.02. The number of rotatable bonds is 7. The highest BCUT2D eigenvalue weighted by Gasteiger charge is 2.20. The van der Waals surface area contributed by atoms with Gasteiger partial charge in [-0.2, -0.15) is 0 Å². The molecule has 0 saturated carbocycles. The second kappa shape index (κ2) is 10.5. The van der Waals surface area contributed by atoms with E-state index >= 15 is 0 Å². The van der Waals surface area contributed by atoms with Crippen molar-refractivity contribution in [2.24, 2.45) is 0 Å². The maximum Gasteiger partial charge on any atom is 0.323 e. The van der Waals surface area contributed by atoms with Crippen molar-refractivity contribution < 1.29 is 9.59 Å². The Bertz CT molecular complexity index is 1050. The van der Waals surface area contributed by atoms with E-state index in [1.165, 1.54) is 5.56 Å². The van der Waals surface area contributed by atoms with Crippen LogP contribution in [0.15, 0.2) is 78.9 Å². The third-order valence-electron chi connectivity index (χ3n) is 5.52. The predicted molar refractivity (Wildman–Crippen MR) is 129 cm³/mol. The quantitative estimate of drug-likeness (QED) is 0.501. The summed E-state index contributed by atoms with van der Waals surface area (Å²) in [6.45, 7) is 2.42. The summed E-state index contributed by atoms with van der Waals surface area (Å²) >= 11 is 0. The van der Waals surface area contributed by atoms with E-state index in [-0.39, 0.29) is 11.9 Å². The Morgan fingerprint density at radius 3 is 2.16 bits per heavy atom. The molecule has 1 aliphatic rings. The van der Waals surface area contributed by atoms with E-state index < -0.39 is 0 Å². The van der Waals surface area contributed by atoms with Gasteiger partial charge in [0.15, 0.2) is 0 Å². The molecule has 1 fully saturated rings. The Labute approximate surface area is 188 Å². The normalized spacial score (nSPS) is 12.9. The molecule has 164 valence electrons. The molecule has 3 aromatic rings. The monoisotopic (exact) mass is 428 g/mol. The first-order chi connectivity index (χ1) is 15.7. The fourth-order valence-corrected chi connectivity index (χ4v) is 3.90. The zero-order chi connectivity index (χ0) is 22.2. The number of amides is 3. The number of hydrogen-bond acceptors (Lipinski definition) is 3. The molecule has 32 heavy (non-hydrogen) atoms. The number of urea groups is 1. The van der Waals surface area contributed by atoms with Crippen LogP contribution in [0, 0.1) is 0 Å². The molecular weight excluding hydrogens is 400 g/mol. The molecule has 1 saturated heterocycles. The molecule has 0 atom stereocenters. The van der Waals surface area contributed by atoms with Crippen molar-refractivity contribution in [3.8, 4) is 0 Å². The van der Waals surface area contributed by atoms with Gasteiger partial charge in [0.05, 0.1) is 5.56 Å². The number of carbonyl (C=O) groups is 2. The molecule has 0 unspecified atom stereocenters. The Balaban J connectivity index is 1.46. The second-order valence-electron chi connectivity index (χ2n) is 7.86. The molecule has 0 spiro atoms. The van der Waals surface area contributed by atoms with Crippen LogP contribution >= 0.6 is 0 Å². The first kappa shape index (κ1) is 21.4. The van der Waals surface area contributed by atoms with Crippen molar-refractivity contribution in [1.29, 1.82) is 0 Å². The summed E-state index contributed by atoms with van der Waals surface area (Å²) in [7, 11) is 0. The van der Waals surface area contributed by atoms with Crippen molar-refractivity contribution in [1.82, 2.24) is 5.32 Å². The van der Waals surface area contributed by atoms with Crippen LogP contribution in [0.2, 0.25) is 0 Å². The number of para-hydroxylation sites is 1. The van der Waals surface area contributed by atoms with E-state index in [4.69, 9.17) is 0 Å². The van der Waals surface area contributed by atoms with Crippen molar-refractivity contribution in [2.75, 3.05) is 35.2 Å². The largest absolute Gasteiger partial charge is 0.371 e. The highest BCUT2D eigenvalue weighted by Crippen LogP contribution is 2.27. The number of nitrogens with zero attached hydrogens (tertiary/aromatic N) is 1. The molecule has 4 rings (SSSR count). The number of benzene rings is 3. The fourth-order valence-electron chi connectivity index (χ4n) is 3.90. The minimum atomic E-state index is -0.347. The Hall–Kier alpha value is -3.80. The molecular formula is C26H28N4O2. The van der Waals surface area contributed by atoms with Gasteiger partial charge in [0.25, 0.3) is 5.91 Å². The molecule has 3 amide bonds. The van der Waals surface area contributed by atoms with Crippen molar-refractivity contribution >= 4 is 29.0 Å². The van der Waals surface area contributed by atoms with E-state index in [0.717, 1.165) is 38.0 Å². The summed E-state index contributed by atoms with van der Waals surface area (Å²) in [6, 6.07) is 24.5. The van der Waals surface area contributed by atoms with Crippen LogP contribution in [0.4, 0.5) is 21.9 Å². The summed E-state index contributed by atoms with van der Waals surface area (Å²) < 4.78 is 0. The standard InChI is InChI=1S/C26H28N4O2/c31-25(27-16-15-20-9-3-1-4-10-20)23-19-22(13-14-24(23)30-17-7-8-18-30)29-26(32)28-21-11-5-2-6-12-21/h1-6,9-14,19H,7-8,15-18H2,(H,27,31)(H2,28,29,32). The van der Waals surface area contributed by atoms with Gasteiger partial charge >= 0.3 is 6.03 Å². The highest BCUT2D eigenvalue weighted by molar-refractivity contribution is 6.04. The van der Waals surface area contributed by atoms with E-state index in [2.05, 4.69) is 33.0 Å². The van der Waals surface area contributed by atoms with Gasteiger partial charge in [-0.1, -0.05) is 48.5 Å². The maximum absolute atomic E-state index is 13.1. The van der Waals surface area contributed by atoms with Gasteiger partial charge in [0, 0.05) is 36.7 Å². The number of nitrogens with one attached hydrogen (secondary N) is 3. The molecule has 3 N–H and O–H groups in total. The molecule has 0 aromatic heterocycles. The molecule has 1 heterocycles. The summed E-state index contributed by atoms with van der Waals surface area (Å²) in [5.41, 5.74) is 3.96. The molecule has 6 heteroatoms. The lowest BCUT2D eigenvalue weighted by atomic mass is 10.1. The van der Waals surface area contributed by atoms with Gasteiger partial charge in [-0.15, -0.1) is 0 Å². The first-order valence-corrected chi connectivity index (χ1v) is 11.0. The average molecular weight is 429 g/mol. The van der Waals surface area contributed by atoms with Crippen LogP contribution in [-0.4, -0.2) is 31.6 Å². The van der Waals surface area contributed by atoms with Crippen molar-refractivity contribution in [3.63, 3.8) is 0 Å². The van der Waals surface area contributed by atoms with Crippen LogP contribution in [0.5, 0.6) is 0 Å². The lowest BCUT2D eigenvalue weighted by Gasteiger charge is -2.22. The lowest BCUT2D eigenvalue weighted by Crippen LogP contribution is -2.29. The lowest BCUT2D eigenvalue weighted by molar-refractivity contribution is 0.0954. The summed E-state index contributed by atoms with van der Waals surface area (Å²) in [6.07, 6.45) is 3.01. The van der Waals surface area contributed by atoms with Crippen molar-refractivity contribution in [2.45, 2.75) is 19.3 Å². The zero-order valence-corrected chi connectivity index (χ0v) is 18.0. The topological polar surface area (TPSA) is 73.5 Å². The average Bonchev–Trinajstić information content (AvgIpc) is 3.35. The third kappa shape index (κ3) is 5.66. The first-order valence-electron chi connectivity index (χ1n) is 11.0. The van der Waals surface area contributed by atoms with Crippen LogP contribution in [0.1, 0.15) is 28.8 Å². The van der Waals surface area contributed by atoms with Crippen LogP contribution in [-0.2, 0) is 6.42 Å². The minimum Gasteiger partial charge on any atom is -0.371 e. The van der Waals surface area contributed by atoms with Gasteiger partial charge in [0.2, 0.25) is 0 Å². The number of anilines is 3. The molecule has 0 aliphatic carbocycles. The smallest absolute Gasteiger partial charge is 0.323 e. The van der Waals surface area contributed by atoms with Crippen LogP contribution in [0.3, 0.4) is 0 Å². The SMILES string of the molecule is O=C(Nc1ccccc1)Nc1ccc(N2CCCC2)c(C(=O)NCCc2ccccc2)c1. The molecule has 1 aliphatic heterocycles. The fraction of sp³-hybridized carbons (Fsp3) is 0.231. The molecule has 6 nitrogen and oxygen atoms in total. The van der Waals surface area contributed by atoms with E-state index in [1.807, 2.05) is 60.7 Å². The maximum atomic E-state index is 13.1. The number of carbonyl (C=O) groups excluding carboxylic acids is 2.